The second-order valence-electron chi connectivity index (χ2n) is 5.62. The standard InChI is InChI=1S/C17H22N2O2S/c1-13(2)15-4-3-5-17(12-15)22(20,21)19-11-10-14-6-8-16(18)9-7-14/h3-9,12-13,19H,10-11,18H2,1-2H3. The van der Waals surface area contributed by atoms with Crippen molar-refractivity contribution in [2.75, 3.05) is 12.3 Å². The minimum atomic E-state index is -3.47. The number of nitrogens with two attached hydrogens (primary N) is 1. The molecule has 0 amide bonds. The molecule has 0 radical (unpaired) electrons. The van der Waals surface area contributed by atoms with Crippen molar-refractivity contribution < 1.29 is 8.42 Å². The van der Waals surface area contributed by atoms with Gasteiger partial charge >= 0.3 is 0 Å². The van der Waals surface area contributed by atoms with Crippen LogP contribution in [-0.2, 0) is 16.4 Å². The first-order chi connectivity index (χ1) is 10.4. The topological polar surface area (TPSA) is 72.2 Å². The highest BCUT2D eigenvalue weighted by Gasteiger charge is 2.14. The lowest BCUT2D eigenvalue weighted by molar-refractivity contribution is 0.581. The molecule has 0 aromatic heterocycles. The summed E-state index contributed by atoms with van der Waals surface area (Å²) in [6, 6.07) is 14.5. The molecule has 0 aliphatic heterocycles. The monoisotopic (exact) mass is 318 g/mol. The van der Waals surface area contributed by atoms with Crippen molar-refractivity contribution in [1.82, 2.24) is 4.72 Å². The van der Waals surface area contributed by atoms with E-state index in [1.165, 1.54) is 0 Å². The zero-order chi connectivity index (χ0) is 16.2. The third kappa shape index (κ3) is 4.32. The highest BCUT2D eigenvalue weighted by atomic mass is 32.2. The molecule has 0 fully saturated rings. The summed E-state index contributed by atoms with van der Waals surface area (Å²) in [6.45, 7) is 4.44. The van der Waals surface area contributed by atoms with Crippen LogP contribution < -0.4 is 10.5 Å². The predicted molar refractivity (Wildman–Crippen MR) is 90.3 cm³/mol. The molecule has 4 nitrogen and oxygen atoms in total. The Morgan fingerprint density at radius 3 is 2.41 bits per heavy atom. The Hall–Kier alpha value is -1.85. The lowest BCUT2D eigenvalue weighted by atomic mass is 10.0. The molecule has 0 unspecified atom stereocenters. The van der Waals surface area contributed by atoms with Crippen LogP contribution in [0.25, 0.3) is 0 Å². The normalized spacial score (nSPS) is 11.8. The van der Waals surface area contributed by atoms with Gasteiger partial charge in [0.2, 0.25) is 10.0 Å². The largest absolute Gasteiger partial charge is 0.399 e. The Balaban J connectivity index is 2.02. The molecule has 22 heavy (non-hydrogen) atoms. The van der Waals surface area contributed by atoms with Crippen LogP contribution in [0.3, 0.4) is 0 Å². The fourth-order valence-corrected chi connectivity index (χ4v) is 3.22. The molecule has 5 heteroatoms. The second-order valence-corrected chi connectivity index (χ2v) is 7.38. The molecule has 3 N–H and O–H groups in total. The number of rotatable bonds is 6. The van der Waals surface area contributed by atoms with E-state index in [1.807, 2.05) is 44.2 Å². The van der Waals surface area contributed by atoms with E-state index in [0.717, 1.165) is 11.1 Å². The summed E-state index contributed by atoms with van der Waals surface area (Å²) < 4.78 is 27.3. The maximum Gasteiger partial charge on any atom is 0.240 e. The van der Waals surface area contributed by atoms with E-state index in [2.05, 4.69) is 4.72 Å². The Kier molecular flexibility index (Phi) is 5.21. The average molecular weight is 318 g/mol. The van der Waals surface area contributed by atoms with Gasteiger partial charge in [-0.2, -0.15) is 0 Å². The molecule has 2 aromatic carbocycles. The van der Waals surface area contributed by atoms with Gasteiger partial charge in [0.05, 0.1) is 4.90 Å². The first kappa shape index (κ1) is 16.5. The Morgan fingerprint density at radius 2 is 1.77 bits per heavy atom. The van der Waals surface area contributed by atoms with Crippen molar-refractivity contribution in [3.8, 4) is 0 Å². The number of nitrogens with one attached hydrogen (secondary N) is 1. The summed E-state index contributed by atoms with van der Waals surface area (Å²) in [7, 11) is -3.47. The predicted octanol–water partition coefficient (Wildman–Crippen LogP) is 2.91. The average Bonchev–Trinajstić information content (AvgIpc) is 2.49. The molecular weight excluding hydrogens is 296 g/mol. The smallest absolute Gasteiger partial charge is 0.240 e. The lowest BCUT2D eigenvalue weighted by Gasteiger charge is -2.10. The molecule has 0 saturated carbocycles. The third-order valence-corrected chi connectivity index (χ3v) is 4.98. The van der Waals surface area contributed by atoms with Gasteiger partial charge in [-0.25, -0.2) is 13.1 Å². The van der Waals surface area contributed by atoms with E-state index in [0.29, 0.717) is 29.5 Å². The zero-order valence-corrected chi connectivity index (χ0v) is 13.7. The van der Waals surface area contributed by atoms with E-state index in [4.69, 9.17) is 5.73 Å². The van der Waals surface area contributed by atoms with Gasteiger partial charge < -0.3 is 5.73 Å². The number of anilines is 1. The molecule has 0 heterocycles. The van der Waals surface area contributed by atoms with Crippen molar-refractivity contribution in [2.45, 2.75) is 31.1 Å². The zero-order valence-electron chi connectivity index (χ0n) is 12.9. The van der Waals surface area contributed by atoms with Crippen LogP contribution in [0.4, 0.5) is 5.69 Å². The maximum absolute atomic E-state index is 12.3. The highest BCUT2D eigenvalue weighted by Crippen LogP contribution is 2.18. The first-order valence-corrected chi connectivity index (χ1v) is 8.81. The number of benzene rings is 2. The second kappa shape index (κ2) is 6.94. The lowest BCUT2D eigenvalue weighted by Crippen LogP contribution is -2.26. The maximum atomic E-state index is 12.3. The number of hydrogen-bond acceptors (Lipinski definition) is 3. The molecule has 0 aliphatic rings. The van der Waals surface area contributed by atoms with E-state index in [9.17, 15) is 8.42 Å². The summed E-state index contributed by atoms with van der Waals surface area (Å²) in [5, 5.41) is 0. The summed E-state index contributed by atoms with van der Waals surface area (Å²) >= 11 is 0. The van der Waals surface area contributed by atoms with Crippen LogP contribution in [-0.4, -0.2) is 15.0 Å². The summed E-state index contributed by atoms with van der Waals surface area (Å²) in [4.78, 5) is 0.316. The van der Waals surface area contributed by atoms with Crippen molar-refractivity contribution in [1.29, 1.82) is 0 Å². The number of hydrogen-bond donors (Lipinski definition) is 2. The molecule has 2 rings (SSSR count). The SMILES string of the molecule is CC(C)c1cccc(S(=O)(=O)NCCc2ccc(N)cc2)c1. The van der Waals surface area contributed by atoms with Gasteiger partial charge in [0.15, 0.2) is 0 Å². The molecular formula is C17H22N2O2S. The third-order valence-electron chi connectivity index (χ3n) is 3.52. The van der Waals surface area contributed by atoms with Crippen molar-refractivity contribution in [3.63, 3.8) is 0 Å². The summed E-state index contributed by atoms with van der Waals surface area (Å²) in [6.07, 6.45) is 0.628. The van der Waals surface area contributed by atoms with Crippen LogP contribution in [0.1, 0.15) is 30.9 Å². The number of nitrogen functional groups attached to an aromatic ring is 1. The van der Waals surface area contributed by atoms with Crippen LogP contribution in [0.5, 0.6) is 0 Å². The van der Waals surface area contributed by atoms with E-state index < -0.39 is 10.0 Å². The van der Waals surface area contributed by atoms with Crippen molar-refractivity contribution in [2.24, 2.45) is 0 Å². The van der Waals surface area contributed by atoms with Gasteiger partial charge in [-0.3, -0.25) is 0 Å². The number of sulfonamides is 1. The Bertz CT molecular complexity index is 723. The van der Waals surface area contributed by atoms with Gasteiger partial charge in [0, 0.05) is 12.2 Å². The molecule has 0 bridgehead atoms. The Morgan fingerprint density at radius 1 is 1.09 bits per heavy atom. The van der Waals surface area contributed by atoms with Crippen LogP contribution in [0.15, 0.2) is 53.4 Å². The van der Waals surface area contributed by atoms with Crippen LogP contribution in [0, 0.1) is 0 Å². The van der Waals surface area contributed by atoms with Gasteiger partial charge in [0.1, 0.15) is 0 Å². The van der Waals surface area contributed by atoms with Crippen LogP contribution >= 0.6 is 0 Å². The molecule has 0 aliphatic carbocycles. The minimum absolute atomic E-state index is 0.296. The molecule has 0 spiro atoms. The van der Waals surface area contributed by atoms with E-state index in [1.54, 1.807) is 18.2 Å². The van der Waals surface area contributed by atoms with Crippen molar-refractivity contribution in [3.05, 3.63) is 59.7 Å². The van der Waals surface area contributed by atoms with Gasteiger partial charge in [-0.1, -0.05) is 38.1 Å². The van der Waals surface area contributed by atoms with Gasteiger partial charge in [-0.15, -0.1) is 0 Å². The summed E-state index contributed by atoms with van der Waals surface area (Å²) in [5.41, 5.74) is 8.40. The molecule has 0 saturated heterocycles. The Labute approximate surface area is 132 Å². The minimum Gasteiger partial charge on any atom is -0.399 e. The fraction of sp³-hybridized carbons (Fsp3) is 0.294. The van der Waals surface area contributed by atoms with E-state index in [-0.39, 0.29) is 0 Å². The van der Waals surface area contributed by atoms with Gasteiger partial charge in [-0.05, 0) is 47.7 Å². The molecule has 0 atom stereocenters. The first-order valence-electron chi connectivity index (χ1n) is 7.32. The molecule has 118 valence electrons. The van der Waals surface area contributed by atoms with Gasteiger partial charge in [0.25, 0.3) is 0 Å². The highest BCUT2D eigenvalue weighted by molar-refractivity contribution is 7.89. The quantitative estimate of drug-likeness (QED) is 0.804. The van der Waals surface area contributed by atoms with Crippen molar-refractivity contribution >= 4 is 15.7 Å². The summed E-state index contributed by atoms with van der Waals surface area (Å²) in [5.74, 6) is 0.296. The van der Waals surface area contributed by atoms with E-state index >= 15 is 0 Å². The van der Waals surface area contributed by atoms with Crippen LogP contribution in [0.2, 0.25) is 0 Å². The fourth-order valence-electron chi connectivity index (χ4n) is 2.14. The molecule has 2 aromatic rings.